The molecule has 156 valence electrons. The Morgan fingerprint density at radius 3 is 2.65 bits per heavy atom. The molecule has 1 aliphatic rings. The first-order valence-corrected chi connectivity index (χ1v) is 11.1. The topological polar surface area (TPSA) is 45.7 Å². The summed E-state index contributed by atoms with van der Waals surface area (Å²) in [5, 5.41) is 1.01. The van der Waals surface area contributed by atoms with Gasteiger partial charge < -0.3 is 4.74 Å². The van der Waals surface area contributed by atoms with Gasteiger partial charge in [-0.3, -0.25) is 14.6 Å². The lowest BCUT2D eigenvalue weighted by atomic mass is 10.0. The molecular formula is C25H23N3O2S. The van der Waals surface area contributed by atoms with E-state index in [9.17, 15) is 4.79 Å². The second-order valence-electron chi connectivity index (χ2n) is 7.72. The van der Waals surface area contributed by atoms with E-state index in [4.69, 9.17) is 9.72 Å². The van der Waals surface area contributed by atoms with Crippen molar-refractivity contribution in [3.8, 4) is 5.75 Å². The number of rotatable bonds is 5. The number of ether oxygens (including phenoxy) is 1. The number of hydrogen-bond acceptors (Lipinski definition) is 5. The summed E-state index contributed by atoms with van der Waals surface area (Å²) in [4.78, 5) is 22.2. The fraction of sp³-hybridized carbons (Fsp3) is 0.200. The maximum atomic E-state index is 13.5. The first-order valence-electron chi connectivity index (χ1n) is 10.3. The van der Waals surface area contributed by atoms with Gasteiger partial charge in [0.2, 0.25) is 5.91 Å². The van der Waals surface area contributed by atoms with Crippen molar-refractivity contribution in [1.82, 2.24) is 9.88 Å². The maximum Gasteiger partial charge on any atom is 0.241 e. The molecule has 1 atom stereocenters. The number of aromatic nitrogens is 1. The number of thiazole rings is 1. The summed E-state index contributed by atoms with van der Waals surface area (Å²) in [5.41, 5.74) is 2.90. The van der Waals surface area contributed by atoms with Crippen LogP contribution in [0, 0.1) is 0 Å². The Kier molecular flexibility index (Phi) is 5.40. The lowest BCUT2D eigenvalue weighted by Crippen LogP contribution is -2.45. The number of carbonyl (C=O) groups excluding carboxylic acids is 1. The van der Waals surface area contributed by atoms with Gasteiger partial charge in [-0.1, -0.05) is 54.6 Å². The van der Waals surface area contributed by atoms with Crippen LogP contribution in [0.5, 0.6) is 5.75 Å². The molecule has 0 fully saturated rings. The standard InChI is InChI=1S/C25H23N3O2S/c1-27(15-24-26-19-11-5-8-14-23(19)31-24)16-25(29)28-20-12-6-7-13-22(20)30-17-21(28)18-9-3-2-4-10-18/h2-14,21H,15-17H2,1H3/t21-/m0/s1. The predicted molar refractivity (Wildman–Crippen MR) is 125 cm³/mol. The van der Waals surface area contributed by atoms with Crippen molar-refractivity contribution in [2.45, 2.75) is 12.6 Å². The van der Waals surface area contributed by atoms with Gasteiger partial charge in [0.1, 0.15) is 17.4 Å². The van der Waals surface area contributed by atoms with Crippen LogP contribution < -0.4 is 9.64 Å². The average molecular weight is 430 g/mol. The van der Waals surface area contributed by atoms with Crippen LogP contribution in [-0.2, 0) is 11.3 Å². The van der Waals surface area contributed by atoms with Gasteiger partial charge in [-0.15, -0.1) is 11.3 Å². The number of para-hydroxylation sites is 3. The summed E-state index contributed by atoms with van der Waals surface area (Å²) in [7, 11) is 1.97. The van der Waals surface area contributed by atoms with E-state index in [1.54, 1.807) is 11.3 Å². The molecule has 5 rings (SSSR count). The molecule has 1 aliphatic heterocycles. The van der Waals surface area contributed by atoms with Crippen LogP contribution in [0.2, 0.25) is 0 Å². The van der Waals surface area contributed by atoms with E-state index in [-0.39, 0.29) is 11.9 Å². The quantitative estimate of drug-likeness (QED) is 0.453. The largest absolute Gasteiger partial charge is 0.489 e. The number of fused-ring (bicyclic) bond motifs is 2. The van der Waals surface area contributed by atoms with Gasteiger partial charge >= 0.3 is 0 Å². The zero-order chi connectivity index (χ0) is 21.2. The highest BCUT2D eigenvalue weighted by molar-refractivity contribution is 7.18. The van der Waals surface area contributed by atoms with Crippen molar-refractivity contribution in [1.29, 1.82) is 0 Å². The van der Waals surface area contributed by atoms with Crippen molar-refractivity contribution in [3.05, 3.63) is 89.4 Å². The van der Waals surface area contributed by atoms with Crippen LogP contribution in [0.4, 0.5) is 5.69 Å². The minimum Gasteiger partial charge on any atom is -0.489 e. The first-order chi connectivity index (χ1) is 15.2. The van der Waals surface area contributed by atoms with Crippen molar-refractivity contribution in [3.63, 3.8) is 0 Å². The smallest absolute Gasteiger partial charge is 0.241 e. The molecule has 5 nitrogen and oxygen atoms in total. The molecule has 2 heterocycles. The Bertz CT molecular complexity index is 1170. The maximum absolute atomic E-state index is 13.5. The summed E-state index contributed by atoms with van der Waals surface area (Å²) < 4.78 is 7.16. The van der Waals surface area contributed by atoms with Crippen molar-refractivity contribution in [2.24, 2.45) is 0 Å². The van der Waals surface area contributed by atoms with Gasteiger partial charge in [0.15, 0.2) is 0 Å². The van der Waals surface area contributed by atoms with Crippen LogP contribution >= 0.6 is 11.3 Å². The van der Waals surface area contributed by atoms with Crippen molar-refractivity contribution < 1.29 is 9.53 Å². The summed E-state index contributed by atoms with van der Waals surface area (Å²) in [6.07, 6.45) is 0. The summed E-state index contributed by atoms with van der Waals surface area (Å²) in [6.45, 7) is 1.37. The third kappa shape index (κ3) is 4.04. The summed E-state index contributed by atoms with van der Waals surface area (Å²) in [5.74, 6) is 0.796. The van der Waals surface area contributed by atoms with Crippen LogP contribution in [0.15, 0.2) is 78.9 Å². The monoisotopic (exact) mass is 429 g/mol. The highest BCUT2D eigenvalue weighted by Crippen LogP contribution is 2.39. The van der Waals surface area contributed by atoms with E-state index in [0.29, 0.717) is 19.7 Å². The molecule has 4 aromatic rings. The molecule has 1 amide bonds. The van der Waals surface area contributed by atoms with E-state index < -0.39 is 0 Å². The molecule has 0 unspecified atom stereocenters. The molecule has 3 aromatic carbocycles. The highest BCUT2D eigenvalue weighted by Gasteiger charge is 2.33. The van der Waals surface area contributed by atoms with Crippen LogP contribution in [0.3, 0.4) is 0 Å². The average Bonchev–Trinajstić information content (AvgIpc) is 3.20. The Labute approximate surface area is 185 Å². The molecule has 0 bridgehead atoms. The van der Waals surface area contributed by atoms with Crippen LogP contribution in [0.1, 0.15) is 16.6 Å². The number of amides is 1. The van der Waals surface area contributed by atoms with E-state index in [0.717, 1.165) is 27.5 Å². The Morgan fingerprint density at radius 2 is 1.81 bits per heavy atom. The van der Waals surface area contributed by atoms with Gasteiger partial charge in [0.25, 0.3) is 0 Å². The van der Waals surface area contributed by atoms with Gasteiger partial charge in [-0.05, 0) is 36.9 Å². The lowest BCUT2D eigenvalue weighted by Gasteiger charge is -2.38. The third-order valence-corrected chi connectivity index (χ3v) is 6.46. The fourth-order valence-corrected chi connectivity index (χ4v) is 5.05. The molecule has 0 radical (unpaired) electrons. The minimum absolute atomic E-state index is 0.0493. The Balaban J connectivity index is 1.38. The van der Waals surface area contributed by atoms with Gasteiger partial charge in [-0.25, -0.2) is 4.98 Å². The predicted octanol–water partition coefficient (Wildman–Crippen LogP) is 4.90. The van der Waals surface area contributed by atoms with Gasteiger partial charge in [0.05, 0.1) is 35.0 Å². The number of nitrogens with zero attached hydrogens (tertiary/aromatic N) is 3. The summed E-state index contributed by atoms with van der Waals surface area (Å²) in [6, 6.07) is 25.8. The van der Waals surface area contributed by atoms with Crippen molar-refractivity contribution >= 4 is 33.1 Å². The highest BCUT2D eigenvalue weighted by atomic mass is 32.1. The Morgan fingerprint density at radius 1 is 1.06 bits per heavy atom. The number of carbonyl (C=O) groups is 1. The van der Waals surface area contributed by atoms with E-state index in [1.807, 2.05) is 89.6 Å². The first kappa shape index (κ1) is 19.7. The molecular weight excluding hydrogens is 406 g/mol. The van der Waals surface area contributed by atoms with Crippen LogP contribution in [-0.4, -0.2) is 36.0 Å². The SMILES string of the molecule is CN(CC(=O)N1c2ccccc2OC[C@H]1c1ccccc1)Cc1nc2ccccc2s1. The fourth-order valence-electron chi connectivity index (χ4n) is 4.00. The zero-order valence-corrected chi connectivity index (χ0v) is 18.1. The molecule has 0 N–H and O–H groups in total. The van der Waals surface area contributed by atoms with Gasteiger partial charge in [-0.2, -0.15) is 0 Å². The molecule has 1 aromatic heterocycles. The molecule has 0 aliphatic carbocycles. The summed E-state index contributed by atoms with van der Waals surface area (Å²) >= 11 is 1.68. The number of anilines is 1. The second kappa shape index (κ2) is 8.49. The number of benzene rings is 3. The van der Waals surface area contributed by atoms with E-state index >= 15 is 0 Å². The lowest BCUT2D eigenvalue weighted by molar-refractivity contribution is -0.120. The Hall–Kier alpha value is -3.22. The normalized spacial score (nSPS) is 15.7. The van der Waals surface area contributed by atoms with Gasteiger partial charge in [0, 0.05) is 0 Å². The van der Waals surface area contributed by atoms with Crippen molar-refractivity contribution in [2.75, 3.05) is 25.1 Å². The molecule has 0 spiro atoms. The van der Waals surface area contributed by atoms with E-state index in [1.165, 1.54) is 4.70 Å². The van der Waals surface area contributed by atoms with E-state index in [2.05, 4.69) is 6.07 Å². The third-order valence-electron chi connectivity index (χ3n) is 5.43. The number of likely N-dealkylation sites (N-methyl/N-ethyl adjacent to an activating group) is 1. The number of hydrogen-bond donors (Lipinski definition) is 0. The van der Waals surface area contributed by atoms with Crippen LogP contribution in [0.25, 0.3) is 10.2 Å². The zero-order valence-electron chi connectivity index (χ0n) is 17.3. The second-order valence-corrected chi connectivity index (χ2v) is 8.83. The molecule has 0 saturated carbocycles. The minimum atomic E-state index is -0.153. The molecule has 31 heavy (non-hydrogen) atoms. The molecule has 0 saturated heterocycles. The molecule has 6 heteroatoms.